The standard InChI is InChI=1S/C13H18F3N5O2/c14-13(15,16)8-12(22)18-2-1-17-11-7-10(9-19-20-11)21-3-5-23-6-4-21/h7,9H,1-6,8H2,(H,17,20)(H,18,22). The van der Waals surface area contributed by atoms with Crippen LogP contribution in [0.2, 0.25) is 0 Å². The number of morpholine rings is 1. The molecule has 0 unspecified atom stereocenters. The smallest absolute Gasteiger partial charge is 0.378 e. The van der Waals surface area contributed by atoms with Crippen molar-refractivity contribution >= 4 is 17.4 Å². The number of rotatable bonds is 6. The molecule has 0 radical (unpaired) electrons. The second kappa shape index (κ2) is 7.95. The van der Waals surface area contributed by atoms with Gasteiger partial charge < -0.3 is 20.3 Å². The van der Waals surface area contributed by atoms with E-state index in [2.05, 4.69) is 25.7 Å². The maximum absolute atomic E-state index is 12.0. The Labute approximate surface area is 131 Å². The van der Waals surface area contributed by atoms with Gasteiger partial charge in [-0.05, 0) is 0 Å². The lowest BCUT2D eigenvalue weighted by molar-refractivity contribution is -0.153. The summed E-state index contributed by atoms with van der Waals surface area (Å²) in [6.07, 6.45) is -4.32. The minimum absolute atomic E-state index is 0.0678. The van der Waals surface area contributed by atoms with E-state index in [1.165, 1.54) is 0 Å². The number of alkyl halides is 3. The molecule has 1 saturated heterocycles. The van der Waals surface area contributed by atoms with Crippen molar-refractivity contribution in [2.24, 2.45) is 0 Å². The highest BCUT2D eigenvalue weighted by Crippen LogP contribution is 2.19. The van der Waals surface area contributed by atoms with Crippen molar-refractivity contribution in [3.63, 3.8) is 0 Å². The SMILES string of the molecule is O=C(CC(F)(F)F)NCCNc1cc(N2CCOCC2)cnn1. The fourth-order valence-electron chi connectivity index (χ4n) is 2.07. The molecule has 0 bridgehead atoms. The molecule has 1 aliphatic heterocycles. The van der Waals surface area contributed by atoms with Crippen molar-refractivity contribution in [2.45, 2.75) is 12.6 Å². The summed E-state index contributed by atoms with van der Waals surface area (Å²) in [5.41, 5.74) is 0.895. The number of halogens is 3. The van der Waals surface area contributed by atoms with Gasteiger partial charge in [0.15, 0.2) is 5.82 Å². The number of carbonyl (C=O) groups is 1. The third kappa shape index (κ3) is 6.27. The van der Waals surface area contributed by atoms with Gasteiger partial charge in [-0.15, -0.1) is 5.10 Å². The van der Waals surface area contributed by atoms with Crippen LogP contribution in [0.25, 0.3) is 0 Å². The molecule has 0 spiro atoms. The topological polar surface area (TPSA) is 79.4 Å². The van der Waals surface area contributed by atoms with Crippen LogP contribution in [0.5, 0.6) is 0 Å². The molecular formula is C13H18F3N5O2. The summed E-state index contributed by atoms with van der Waals surface area (Å²) < 4.78 is 41.3. The molecule has 1 amide bonds. The number of aromatic nitrogens is 2. The van der Waals surface area contributed by atoms with E-state index in [4.69, 9.17) is 4.74 Å². The van der Waals surface area contributed by atoms with Crippen LogP contribution in [0, 0.1) is 0 Å². The molecule has 1 fully saturated rings. The summed E-state index contributed by atoms with van der Waals surface area (Å²) in [7, 11) is 0. The number of nitrogens with zero attached hydrogens (tertiary/aromatic N) is 3. The Kier molecular flexibility index (Phi) is 5.97. The predicted molar refractivity (Wildman–Crippen MR) is 77.2 cm³/mol. The van der Waals surface area contributed by atoms with E-state index >= 15 is 0 Å². The molecule has 2 heterocycles. The minimum Gasteiger partial charge on any atom is -0.378 e. The van der Waals surface area contributed by atoms with E-state index in [1.54, 1.807) is 12.3 Å². The molecule has 10 heteroatoms. The largest absolute Gasteiger partial charge is 0.397 e. The zero-order valence-electron chi connectivity index (χ0n) is 12.4. The lowest BCUT2D eigenvalue weighted by Gasteiger charge is -2.28. The third-order valence-corrected chi connectivity index (χ3v) is 3.13. The second-order valence-corrected chi connectivity index (χ2v) is 4.97. The summed E-state index contributed by atoms with van der Waals surface area (Å²) in [6, 6.07) is 1.80. The number of ether oxygens (including phenoxy) is 1. The highest BCUT2D eigenvalue weighted by atomic mass is 19.4. The van der Waals surface area contributed by atoms with Crippen LogP contribution < -0.4 is 15.5 Å². The average molecular weight is 333 g/mol. The molecule has 1 aromatic rings. The van der Waals surface area contributed by atoms with E-state index < -0.39 is 18.5 Å². The van der Waals surface area contributed by atoms with E-state index in [9.17, 15) is 18.0 Å². The number of hydrogen-bond acceptors (Lipinski definition) is 6. The fourth-order valence-corrected chi connectivity index (χ4v) is 2.07. The van der Waals surface area contributed by atoms with Crippen LogP contribution in [-0.2, 0) is 9.53 Å². The van der Waals surface area contributed by atoms with Crippen molar-refractivity contribution in [1.29, 1.82) is 0 Å². The Morgan fingerprint density at radius 2 is 2.04 bits per heavy atom. The maximum Gasteiger partial charge on any atom is 0.397 e. The van der Waals surface area contributed by atoms with Crippen LogP contribution in [0.1, 0.15) is 6.42 Å². The molecule has 0 aliphatic carbocycles. The maximum atomic E-state index is 12.0. The highest BCUT2D eigenvalue weighted by molar-refractivity contribution is 5.76. The van der Waals surface area contributed by atoms with Crippen molar-refractivity contribution < 1.29 is 22.7 Å². The molecule has 1 aliphatic rings. The molecule has 128 valence electrons. The molecule has 0 aromatic carbocycles. The molecular weight excluding hydrogens is 315 g/mol. The quantitative estimate of drug-likeness (QED) is 0.750. The number of hydrogen-bond donors (Lipinski definition) is 2. The number of amides is 1. The molecule has 23 heavy (non-hydrogen) atoms. The Morgan fingerprint density at radius 3 is 2.74 bits per heavy atom. The van der Waals surface area contributed by atoms with Gasteiger partial charge in [0, 0.05) is 32.2 Å². The van der Waals surface area contributed by atoms with E-state index in [-0.39, 0.29) is 13.1 Å². The van der Waals surface area contributed by atoms with Gasteiger partial charge in [-0.25, -0.2) is 0 Å². The van der Waals surface area contributed by atoms with Gasteiger partial charge in [0.05, 0.1) is 25.1 Å². The summed E-state index contributed by atoms with van der Waals surface area (Å²) in [4.78, 5) is 13.1. The summed E-state index contributed by atoms with van der Waals surface area (Å²) in [6.45, 7) is 3.15. The average Bonchev–Trinajstić information content (AvgIpc) is 2.51. The first-order valence-corrected chi connectivity index (χ1v) is 7.17. The normalized spacial score (nSPS) is 15.3. The molecule has 2 rings (SSSR count). The van der Waals surface area contributed by atoms with Crippen LogP contribution in [0.4, 0.5) is 24.7 Å². The first-order chi connectivity index (χ1) is 10.9. The minimum atomic E-state index is -4.49. The van der Waals surface area contributed by atoms with E-state index in [1.807, 2.05) is 0 Å². The van der Waals surface area contributed by atoms with Gasteiger partial charge in [-0.2, -0.15) is 18.3 Å². The lowest BCUT2D eigenvalue weighted by Crippen LogP contribution is -2.36. The van der Waals surface area contributed by atoms with Gasteiger partial charge in [-0.3, -0.25) is 4.79 Å². The Hall–Kier alpha value is -2.10. The Morgan fingerprint density at radius 1 is 1.30 bits per heavy atom. The van der Waals surface area contributed by atoms with Gasteiger partial charge in [-0.1, -0.05) is 0 Å². The number of nitrogens with one attached hydrogen (secondary N) is 2. The van der Waals surface area contributed by atoms with Crippen molar-refractivity contribution in [2.75, 3.05) is 49.6 Å². The van der Waals surface area contributed by atoms with E-state index in [0.29, 0.717) is 19.0 Å². The Bertz CT molecular complexity index is 521. The van der Waals surface area contributed by atoms with Gasteiger partial charge in [0.2, 0.25) is 5.91 Å². The summed E-state index contributed by atoms with van der Waals surface area (Å²) >= 11 is 0. The molecule has 2 N–H and O–H groups in total. The first-order valence-electron chi connectivity index (χ1n) is 7.17. The zero-order valence-corrected chi connectivity index (χ0v) is 12.4. The predicted octanol–water partition coefficient (Wildman–Crippen LogP) is 0.794. The van der Waals surface area contributed by atoms with Crippen molar-refractivity contribution in [3.8, 4) is 0 Å². The third-order valence-electron chi connectivity index (χ3n) is 3.13. The Balaban J connectivity index is 1.74. The van der Waals surface area contributed by atoms with Crippen molar-refractivity contribution in [1.82, 2.24) is 15.5 Å². The van der Waals surface area contributed by atoms with E-state index in [0.717, 1.165) is 18.8 Å². The van der Waals surface area contributed by atoms with Crippen molar-refractivity contribution in [3.05, 3.63) is 12.3 Å². The zero-order chi connectivity index (χ0) is 16.7. The first kappa shape index (κ1) is 17.3. The lowest BCUT2D eigenvalue weighted by atomic mass is 10.3. The highest BCUT2D eigenvalue weighted by Gasteiger charge is 2.30. The molecule has 0 saturated carbocycles. The van der Waals surface area contributed by atoms with Gasteiger partial charge >= 0.3 is 6.18 Å². The fraction of sp³-hybridized carbons (Fsp3) is 0.615. The van der Waals surface area contributed by atoms with Crippen LogP contribution in [-0.4, -0.2) is 61.7 Å². The van der Waals surface area contributed by atoms with Gasteiger partial charge in [0.1, 0.15) is 6.42 Å². The molecule has 0 atom stereocenters. The molecule has 1 aromatic heterocycles. The summed E-state index contributed by atoms with van der Waals surface area (Å²) in [5, 5.41) is 12.9. The van der Waals surface area contributed by atoms with Crippen LogP contribution in [0.3, 0.4) is 0 Å². The van der Waals surface area contributed by atoms with Crippen LogP contribution >= 0.6 is 0 Å². The van der Waals surface area contributed by atoms with Crippen LogP contribution in [0.15, 0.2) is 12.3 Å². The second-order valence-electron chi connectivity index (χ2n) is 4.97. The number of carbonyl (C=O) groups excluding carboxylic acids is 1. The molecule has 7 nitrogen and oxygen atoms in total. The van der Waals surface area contributed by atoms with Gasteiger partial charge in [0.25, 0.3) is 0 Å². The monoisotopic (exact) mass is 333 g/mol. The summed E-state index contributed by atoms with van der Waals surface area (Å²) in [5.74, 6) is -0.550. The number of anilines is 2.